The molecule has 2 aliphatic rings. The molecule has 0 radical (unpaired) electrons. The third kappa shape index (κ3) is 36.1. The van der Waals surface area contributed by atoms with Crippen molar-refractivity contribution in [3.63, 3.8) is 0 Å². The van der Waals surface area contributed by atoms with E-state index in [0.29, 0.717) is 0 Å². The van der Waals surface area contributed by atoms with E-state index in [0.717, 1.165) is 25.7 Å². The van der Waals surface area contributed by atoms with Gasteiger partial charge in [-0.3, -0.25) is 0 Å². The summed E-state index contributed by atoms with van der Waals surface area (Å²) in [5, 5.41) is 0. The highest BCUT2D eigenvalue weighted by atomic mass is 14.3. The average Bonchev–Trinajstić information content (AvgIpc) is 3.36. The molecule has 0 nitrogen and oxygen atoms in total. The zero-order valence-corrected chi connectivity index (χ0v) is 54.5. The molecule has 0 fully saturated rings. The molecule has 80 heavy (non-hydrogen) atoms. The zero-order valence-electron chi connectivity index (χ0n) is 54.5. The van der Waals surface area contributed by atoms with Gasteiger partial charge in [-0.15, -0.1) is 0 Å². The molecule has 0 aromatic carbocycles. The second kappa shape index (κ2) is 40.9. The first-order valence-electron chi connectivity index (χ1n) is 30.0. The highest BCUT2D eigenvalue weighted by molar-refractivity contribution is 5.40. The summed E-state index contributed by atoms with van der Waals surface area (Å²) in [5.41, 5.74) is 22.2. The van der Waals surface area contributed by atoms with Gasteiger partial charge in [-0.2, -0.15) is 0 Å². The lowest BCUT2D eigenvalue weighted by atomic mass is 9.72. The molecule has 0 heteroatoms. The summed E-state index contributed by atoms with van der Waals surface area (Å²) >= 11 is 0. The van der Waals surface area contributed by atoms with Crippen molar-refractivity contribution in [1.82, 2.24) is 0 Å². The molecule has 0 saturated heterocycles. The molecule has 0 aromatic rings. The van der Waals surface area contributed by atoms with Gasteiger partial charge in [0.25, 0.3) is 0 Å². The third-order valence-electron chi connectivity index (χ3n) is 14.3. The van der Waals surface area contributed by atoms with Crippen molar-refractivity contribution >= 4 is 0 Å². The molecule has 2 aliphatic carbocycles. The summed E-state index contributed by atoms with van der Waals surface area (Å²) in [4.78, 5) is 0. The van der Waals surface area contributed by atoms with Crippen molar-refractivity contribution in [2.24, 2.45) is 10.8 Å². The van der Waals surface area contributed by atoms with Crippen LogP contribution in [0.3, 0.4) is 0 Å². The van der Waals surface area contributed by atoms with E-state index in [4.69, 9.17) is 0 Å². The molecule has 2 rings (SSSR count). The maximum absolute atomic E-state index is 2.37. The summed E-state index contributed by atoms with van der Waals surface area (Å²) in [6.45, 7) is 44.2. The Morgan fingerprint density at radius 1 is 0.325 bits per heavy atom. The van der Waals surface area contributed by atoms with Crippen LogP contribution in [0.25, 0.3) is 0 Å². The molecule has 0 unspecified atom stereocenters. The Hall–Kier alpha value is -6.24. The van der Waals surface area contributed by atoms with Gasteiger partial charge < -0.3 is 0 Å². The molecule has 0 heterocycles. The normalized spacial score (nSPS) is 18.5. The van der Waals surface area contributed by atoms with E-state index < -0.39 is 0 Å². The molecule has 0 aliphatic heterocycles. The van der Waals surface area contributed by atoms with Gasteiger partial charge in [-0.25, -0.2) is 0 Å². The van der Waals surface area contributed by atoms with E-state index in [1.54, 1.807) is 11.1 Å². The van der Waals surface area contributed by atoms with Crippen LogP contribution in [0.5, 0.6) is 0 Å². The summed E-state index contributed by atoms with van der Waals surface area (Å²) in [6.07, 6.45) is 81.7. The van der Waals surface area contributed by atoms with Crippen LogP contribution in [0.15, 0.2) is 284 Å². The van der Waals surface area contributed by atoms with Crippen LogP contribution < -0.4 is 0 Å². The van der Waals surface area contributed by atoms with Crippen LogP contribution in [-0.4, -0.2) is 0 Å². The zero-order chi connectivity index (χ0) is 59.9. The molecule has 0 aromatic heterocycles. The summed E-state index contributed by atoms with van der Waals surface area (Å²) in [7, 11) is 0. The Kier molecular flexibility index (Phi) is 36.7. The lowest BCUT2D eigenvalue weighted by Crippen LogP contribution is -2.19. The summed E-state index contributed by atoms with van der Waals surface area (Å²) in [6, 6.07) is 0. The molecular formula is C80H112. The first kappa shape index (κ1) is 71.8. The molecule has 0 N–H and O–H groups in total. The minimum absolute atomic E-state index is 0.290. The molecule has 432 valence electrons. The van der Waals surface area contributed by atoms with E-state index in [-0.39, 0.29) is 10.8 Å². The SMILES string of the molecule is CC(C)=CCC/C(C)=C/C=C/C(C)=C/C=C/C(C)=C/C=C/C=C(C)/C=C/C=C(C)/C=C/C1=C(C)CCCC1(C)C.CC(C)=CCC/C(C)=C/C=C/C(C)=C/C=C/C(C)=C/C=C/C=C(C)/C=C/C=C(C)/C=C/C1=C(C)CCCC1(C)C. The molecule has 0 bridgehead atoms. The Morgan fingerprint density at radius 2 is 0.562 bits per heavy atom. The highest BCUT2D eigenvalue weighted by Crippen LogP contribution is 2.42. The molecule has 0 atom stereocenters. The van der Waals surface area contributed by atoms with Crippen molar-refractivity contribution in [3.8, 4) is 0 Å². The van der Waals surface area contributed by atoms with Crippen molar-refractivity contribution in [3.05, 3.63) is 284 Å². The van der Waals surface area contributed by atoms with Crippen molar-refractivity contribution in [2.75, 3.05) is 0 Å². The smallest absolute Gasteiger partial charge is 0.0104 e. The topological polar surface area (TPSA) is 0 Å². The van der Waals surface area contributed by atoms with Gasteiger partial charge >= 0.3 is 0 Å². The summed E-state index contributed by atoms with van der Waals surface area (Å²) < 4.78 is 0. The molecular weight excluding hydrogens is 961 g/mol. The van der Waals surface area contributed by atoms with E-state index in [9.17, 15) is 0 Å². The Labute approximate surface area is 494 Å². The van der Waals surface area contributed by atoms with Crippen molar-refractivity contribution in [1.29, 1.82) is 0 Å². The standard InChI is InChI=1S/2C40H56/c2*1-32(2)18-13-21-35(5)24-15-26-36(6)25-14-22-33(3)19-11-12-20-34(4)23-16-27-37(7)29-30-39-38(8)28-17-31-40(39,9)10/h2*11-12,14-16,18-20,22-27,29-30H,13,17,21,28,31H2,1-10H3/b2*12-11+,22-14+,23-16+,26-15+,30-29+,33-19+,34-20+,35-24+,36-25+,37-27+. The molecule has 0 saturated carbocycles. The average molecular weight is 1070 g/mol. The quantitative estimate of drug-likeness (QED) is 0.0598. The largest absolute Gasteiger partial charge is 0.0856 e. The fourth-order valence-corrected chi connectivity index (χ4v) is 9.20. The van der Waals surface area contributed by atoms with Crippen LogP contribution >= 0.6 is 0 Å². The predicted octanol–water partition coefficient (Wildman–Crippen LogP) is 25.5. The van der Waals surface area contributed by atoms with Gasteiger partial charge in [0.05, 0.1) is 0 Å². The maximum Gasteiger partial charge on any atom is -0.0104 e. The van der Waals surface area contributed by atoms with Gasteiger partial charge in [0, 0.05) is 0 Å². The van der Waals surface area contributed by atoms with Crippen molar-refractivity contribution < 1.29 is 0 Å². The van der Waals surface area contributed by atoms with Gasteiger partial charge in [0.2, 0.25) is 0 Å². The predicted molar refractivity (Wildman–Crippen MR) is 367 cm³/mol. The van der Waals surface area contributed by atoms with Crippen molar-refractivity contribution in [2.45, 2.75) is 203 Å². The second-order valence-electron chi connectivity index (χ2n) is 24.4. The molecule has 0 spiro atoms. The number of allylic oxidation sites excluding steroid dienone is 48. The van der Waals surface area contributed by atoms with Crippen LogP contribution in [0, 0.1) is 10.8 Å². The van der Waals surface area contributed by atoms with Crippen LogP contribution in [0.2, 0.25) is 0 Å². The van der Waals surface area contributed by atoms with Crippen LogP contribution in [0.4, 0.5) is 0 Å². The van der Waals surface area contributed by atoms with Crippen LogP contribution in [0.1, 0.15) is 203 Å². The van der Waals surface area contributed by atoms with Gasteiger partial charge in [0.15, 0.2) is 0 Å². The number of hydrogen-bond donors (Lipinski definition) is 0. The minimum Gasteiger partial charge on any atom is -0.0856 e. The van der Waals surface area contributed by atoms with Gasteiger partial charge in [-0.1, -0.05) is 300 Å². The number of rotatable bonds is 26. The second-order valence-corrected chi connectivity index (χ2v) is 24.4. The fourth-order valence-electron chi connectivity index (χ4n) is 9.20. The first-order valence-corrected chi connectivity index (χ1v) is 30.0. The fraction of sp³-hybridized carbons (Fsp3) is 0.400. The monoisotopic (exact) mass is 1070 g/mol. The lowest BCUT2D eigenvalue weighted by molar-refractivity contribution is 0.376. The Balaban J connectivity index is 0.000000800. The van der Waals surface area contributed by atoms with Crippen LogP contribution in [-0.2, 0) is 0 Å². The molecule has 0 amide bonds. The highest BCUT2D eigenvalue weighted by Gasteiger charge is 2.27. The lowest BCUT2D eigenvalue weighted by Gasteiger charge is -2.33. The Bertz CT molecular complexity index is 2540. The van der Waals surface area contributed by atoms with Gasteiger partial charge in [0.1, 0.15) is 0 Å². The van der Waals surface area contributed by atoms with Gasteiger partial charge in [-0.05, 0) is 197 Å². The van der Waals surface area contributed by atoms with E-state index >= 15 is 0 Å². The Morgan fingerprint density at radius 3 is 0.812 bits per heavy atom. The maximum atomic E-state index is 2.37. The third-order valence-corrected chi connectivity index (χ3v) is 14.3. The van der Waals surface area contributed by atoms with E-state index in [1.165, 1.54) is 117 Å². The van der Waals surface area contributed by atoms with E-state index in [1.807, 2.05) is 0 Å². The first-order chi connectivity index (χ1) is 37.8. The van der Waals surface area contributed by atoms with E-state index in [2.05, 4.69) is 333 Å². The number of hydrogen-bond acceptors (Lipinski definition) is 0. The minimum atomic E-state index is 0.290. The summed E-state index contributed by atoms with van der Waals surface area (Å²) in [5.74, 6) is 0.